The van der Waals surface area contributed by atoms with E-state index in [2.05, 4.69) is 19.2 Å². The molecule has 1 saturated heterocycles. The highest BCUT2D eigenvalue weighted by molar-refractivity contribution is 7.99. The van der Waals surface area contributed by atoms with E-state index in [1.807, 2.05) is 25.6 Å². The Morgan fingerprint density at radius 2 is 1.94 bits per heavy atom. The molecule has 17 heavy (non-hydrogen) atoms. The average Bonchev–Trinajstić information content (AvgIpc) is 2.27. The Hall–Kier alpha value is 0.230. The Bertz CT molecular complexity index is 206. The maximum absolute atomic E-state index is 5.55. The van der Waals surface area contributed by atoms with Gasteiger partial charge in [0.1, 0.15) is 0 Å². The van der Waals surface area contributed by atoms with Crippen molar-refractivity contribution in [1.29, 1.82) is 0 Å². The van der Waals surface area contributed by atoms with Gasteiger partial charge < -0.3 is 14.8 Å². The Morgan fingerprint density at radius 3 is 2.47 bits per heavy atom. The van der Waals surface area contributed by atoms with Crippen LogP contribution >= 0.6 is 11.8 Å². The van der Waals surface area contributed by atoms with E-state index in [1.165, 1.54) is 17.9 Å². The van der Waals surface area contributed by atoms with Crippen molar-refractivity contribution >= 4 is 11.8 Å². The molecule has 0 spiro atoms. The molecule has 1 N–H and O–H groups in total. The molecule has 0 aromatic rings. The van der Waals surface area contributed by atoms with E-state index >= 15 is 0 Å². The highest BCUT2D eigenvalue weighted by Gasteiger charge is 2.32. The van der Waals surface area contributed by atoms with Crippen LogP contribution in [0, 0.1) is 5.41 Å². The zero-order chi connectivity index (χ0) is 12.7. The first-order chi connectivity index (χ1) is 8.10. The Balaban J connectivity index is 2.36. The molecule has 0 radical (unpaired) electrons. The fraction of sp³-hybridized carbons (Fsp3) is 1.00. The minimum Gasteiger partial charge on any atom is -0.352 e. The van der Waals surface area contributed by atoms with E-state index < -0.39 is 0 Å². The molecule has 1 fully saturated rings. The molecule has 0 aromatic carbocycles. The van der Waals surface area contributed by atoms with Crippen molar-refractivity contribution in [3.8, 4) is 0 Å². The number of thioether (sulfide) groups is 1. The summed E-state index contributed by atoms with van der Waals surface area (Å²) < 4.78 is 11.1. The Kier molecular flexibility index (Phi) is 6.85. The Morgan fingerprint density at radius 1 is 1.29 bits per heavy atom. The van der Waals surface area contributed by atoms with Gasteiger partial charge in [-0.05, 0) is 31.4 Å². The second kappa shape index (κ2) is 7.62. The molecule has 0 bridgehead atoms. The van der Waals surface area contributed by atoms with Gasteiger partial charge in [-0.1, -0.05) is 13.8 Å². The summed E-state index contributed by atoms with van der Waals surface area (Å²) in [6.07, 6.45) is 1.18. The van der Waals surface area contributed by atoms with Gasteiger partial charge in [0.15, 0.2) is 6.29 Å². The predicted molar refractivity (Wildman–Crippen MR) is 74.6 cm³/mol. The highest BCUT2D eigenvalue weighted by Crippen LogP contribution is 2.34. The second-order valence-electron chi connectivity index (χ2n) is 5.11. The third kappa shape index (κ3) is 5.16. The van der Waals surface area contributed by atoms with Crippen molar-refractivity contribution in [2.24, 2.45) is 5.41 Å². The maximum Gasteiger partial charge on any atom is 0.169 e. The molecule has 0 aromatic heterocycles. The van der Waals surface area contributed by atoms with Gasteiger partial charge in [-0.15, -0.1) is 0 Å². The minimum absolute atomic E-state index is 0.104. The monoisotopic (exact) mass is 261 g/mol. The van der Waals surface area contributed by atoms with E-state index in [4.69, 9.17) is 9.47 Å². The van der Waals surface area contributed by atoms with Gasteiger partial charge in [-0.2, -0.15) is 11.8 Å². The SMILES string of the molecule is CCOC(CNC1CSCCC1(C)C)OCC. The zero-order valence-electron chi connectivity index (χ0n) is 11.6. The van der Waals surface area contributed by atoms with E-state index in [0.29, 0.717) is 24.7 Å². The van der Waals surface area contributed by atoms with Gasteiger partial charge in [0.2, 0.25) is 0 Å². The zero-order valence-corrected chi connectivity index (χ0v) is 12.4. The number of nitrogens with one attached hydrogen (secondary N) is 1. The average molecular weight is 261 g/mol. The van der Waals surface area contributed by atoms with Crippen molar-refractivity contribution in [2.75, 3.05) is 31.3 Å². The lowest BCUT2D eigenvalue weighted by molar-refractivity contribution is -0.134. The van der Waals surface area contributed by atoms with Crippen LogP contribution in [0.1, 0.15) is 34.1 Å². The first-order valence-electron chi connectivity index (χ1n) is 6.64. The first kappa shape index (κ1) is 15.3. The van der Waals surface area contributed by atoms with Gasteiger partial charge >= 0.3 is 0 Å². The lowest BCUT2D eigenvalue weighted by Crippen LogP contribution is -2.49. The van der Waals surface area contributed by atoms with Crippen LogP contribution < -0.4 is 5.32 Å². The highest BCUT2D eigenvalue weighted by atomic mass is 32.2. The van der Waals surface area contributed by atoms with Crippen LogP contribution in [0.15, 0.2) is 0 Å². The topological polar surface area (TPSA) is 30.5 Å². The molecule has 4 heteroatoms. The van der Waals surface area contributed by atoms with E-state index in [9.17, 15) is 0 Å². The fourth-order valence-corrected chi connectivity index (χ4v) is 3.69. The van der Waals surface area contributed by atoms with Gasteiger partial charge in [-0.25, -0.2) is 0 Å². The molecule has 1 heterocycles. The molecule has 0 saturated carbocycles. The second-order valence-corrected chi connectivity index (χ2v) is 6.26. The van der Waals surface area contributed by atoms with Crippen molar-refractivity contribution in [3.63, 3.8) is 0 Å². The van der Waals surface area contributed by atoms with Gasteiger partial charge in [-0.3, -0.25) is 0 Å². The normalized spacial score (nSPS) is 24.2. The largest absolute Gasteiger partial charge is 0.352 e. The standard InChI is InChI=1S/C13H27NO2S/c1-5-15-12(16-6-2)9-14-11-10-17-8-7-13(11,3)4/h11-12,14H,5-10H2,1-4H3. The third-order valence-corrected chi connectivity index (χ3v) is 4.42. The lowest BCUT2D eigenvalue weighted by Gasteiger charge is -2.39. The summed E-state index contributed by atoms with van der Waals surface area (Å²) in [4.78, 5) is 0. The molecule has 1 aliphatic heterocycles. The van der Waals surface area contributed by atoms with Crippen LogP contribution in [-0.4, -0.2) is 43.6 Å². The van der Waals surface area contributed by atoms with Crippen molar-refractivity contribution in [3.05, 3.63) is 0 Å². The first-order valence-corrected chi connectivity index (χ1v) is 7.80. The molecule has 0 amide bonds. The molecule has 1 atom stereocenters. The number of hydrogen-bond donors (Lipinski definition) is 1. The molecule has 1 rings (SSSR count). The van der Waals surface area contributed by atoms with Crippen molar-refractivity contribution in [1.82, 2.24) is 5.32 Å². The molecule has 3 nitrogen and oxygen atoms in total. The minimum atomic E-state index is -0.104. The van der Waals surface area contributed by atoms with Crippen LogP contribution in [0.3, 0.4) is 0 Å². The van der Waals surface area contributed by atoms with Gasteiger partial charge in [0.05, 0.1) is 0 Å². The summed E-state index contributed by atoms with van der Waals surface area (Å²) in [6, 6.07) is 0.560. The summed E-state index contributed by atoms with van der Waals surface area (Å²) in [6.45, 7) is 10.9. The smallest absolute Gasteiger partial charge is 0.169 e. The number of hydrogen-bond acceptors (Lipinski definition) is 4. The predicted octanol–water partition coefficient (Wildman–Crippen LogP) is 2.51. The number of ether oxygens (including phenoxy) is 2. The van der Waals surface area contributed by atoms with Crippen LogP contribution in [0.2, 0.25) is 0 Å². The quantitative estimate of drug-likeness (QED) is 0.713. The van der Waals surface area contributed by atoms with Crippen LogP contribution in [-0.2, 0) is 9.47 Å². The molecular formula is C13H27NO2S. The summed E-state index contributed by atoms with van der Waals surface area (Å²) >= 11 is 2.04. The number of rotatable bonds is 7. The molecule has 102 valence electrons. The van der Waals surface area contributed by atoms with E-state index in [0.717, 1.165) is 6.54 Å². The lowest BCUT2D eigenvalue weighted by atomic mass is 9.82. The molecule has 1 unspecified atom stereocenters. The third-order valence-electron chi connectivity index (χ3n) is 3.35. The summed E-state index contributed by atoms with van der Waals surface area (Å²) in [5.74, 6) is 2.48. The maximum atomic E-state index is 5.55. The van der Waals surface area contributed by atoms with Crippen LogP contribution in [0.4, 0.5) is 0 Å². The molecule has 0 aliphatic carbocycles. The van der Waals surface area contributed by atoms with Crippen molar-refractivity contribution in [2.45, 2.75) is 46.4 Å². The van der Waals surface area contributed by atoms with Gasteiger partial charge in [0, 0.05) is 31.6 Å². The van der Waals surface area contributed by atoms with E-state index in [-0.39, 0.29) is 6.29 Å². The van der Waals surface area contributed by atoms with Crippen LogP contribution in [0.25, 0.3) is 0 Å². The Labute approximate surface area is 110 Å². The summed E-state index contributed by atoms with van der Waals surface area (Å²) in [5, 5.41) is 3.61. The summed E-state index contributed by atoms with van der Waals surface area (Å²) in [5.41, 5.74) is 0.383. The van der Waals surface area contributed by atoms with E-state index in [1.54, 1.807) is 0 Å². The van der Waals surface area contributed by atoms with Crippen molar-refractivity contribution < 1.29 is 9.47 Å². The fourth-order valence-electron chi connectivity index (χ4n) is 2.05. The van der Waals surface area contributed by atoms with Crippen LogP contribution in [0.5, 0.6) is 0 Å². The molecule has 1 aliphatic rings. The van der Waals surface area contributed by atoms with Gasteiger partial charge in [0.25, 0.3) is 0 Å². The molecular weight excluding hydrogens is 234 g/mol. The summed E-state index contributed by atoms with van der Waals surface area (Å²) in [7, 11) is 0.